The van der Waals surface area contributed by atoms with Gasteiger partial charge in [-0.05, 0) is 18.6 Å². The van der Waals surface area contributed by atoms with Crippen molar-refractivity contribution in [3.8, 4) is 0 Å². The molecule has 4 nitrogen and oxygen atoms in total. The molecule has 0 radical (unpaired) electrons. The molecule has 0 aliphatic rings. The van der Waals surface area contributed by atoms with Gasteiger partial charge in [0.25, 0.3) is 0 Å². The highest BCUT2D eigenvalue weighted by atomic mass is 79.9. The number of aliphatic hydroxyl groups is 1. The second-order valence-corrected chi connectivity index (χ2v) is 7.98. The van der Waals surface area contributed by atoms with E-state index in [0.717, 1.165) is 17.3 Å². The van der Waals surface area contributed by atoms with Crippen molar-refractivity contribution in [1.29, 1.82) is 0 Å². The zero-order chi connectivity index (χ0) is 19.9. The minimum Gasteiger partial charge on any atom is -0.457 e. The Morgan fingerprint density at radius 3 is 2.11 bits per heavy atom. The number of unbranched alkanes of at least 4 members (excludes halogenated alkanes) is 8. The summed E-state index contributed by atoms with van der Waals surface area (Å²) in [6.07, 6.45) is 10.9. The topological polar surface area (TPSA) is 63.6 Å². The third-order valence-corrected chi connectivity index (χ3v) is 5.10. The Hall–Kier alpha value is -1.20. The van der Waals surface area contributed by atoms with Gasteiger partial charge in [0, 0.05) is 10.0 Å². The van der Waals surface area contributed by atoms with E-state index < -0.39 is 12.1 Å². The molecular formula is C22H33BrO4. The molecule has 0 aliphatic heterocycles. The molecule has 27 heavy (non-hydrogen) atoms. The highest BCUT2D eigenvalue weighted by molar-refractivity contribution is 9.10. The number of esters is 1. The van der Waals surface area contributed by atoms with Crippen molar-refractivity contribution >= 4 is 27.7 Å². The van der Waals surface area contributed by atoms with Crippen LogP contribution < -0.4 is 0 Å². The molecule has 0 amide bonds. The number of carbonyl (C=O) groups excluding carboxylic acids is 2. The van der Waals surface area contributed by atoms with Crippen LogP contribution in [0, 0.1) is 0 Å². The molecule has 1 aromatic rings. The fraction of sp³-hybridized carbons (Fsp3) is 0.636. The number of Topliss-reactive ketones (excluding diaryl/α,β-unsaturated/α-hetero) is 1. The summed E-state index contributed by atoms with van der Waals surface area (Å²) < 4.78 is 5.88. The lowest BCUT2D eigenvalue weighted by atomic mass is 10.0. The maximum absolute atomic E-state index is 11.9. The van der Waals surface area contributed by atoms with E-state index in [2.05, 4.69) is 22.9 Å². The lowest BCUT2D eigenvalue weighted by Crippen LogP contribution is -2.19. The van der Waals surface area contributed by atoms with E-state index in [9.17, 15) is 14.7 Å². The number of aliphatic hydroxyl groups excluding tert-OH is 1. The quantitative estimate of drug-likeness (QED) is 0.211. The first-order valence-electron chi connectivity index (χ1n) is 10.2. The SMILES string of the molecule is CCCCCCCCCCCC(O)CC(=O)OCC(=O)c1ccc(Br)cc1. The van der Waals surface area contributed by atoms with E-state index >= 15 is 0 Å². The van der Waals surface area contributed by atoms with Gasteiger partial charge in [0.1, 0.15) is 0 Å². The van der Waals surface area contributed by atoms with Crippen LogP contribution in [0.3, 0.4) is 0 Å². The minimum atomic E-state index is -0.690. The van der Waals surface area contributed by atoms with Crippen LogP contribution in [0.2, 0.25) is 0 Å². The summed E-state index contributed by atoms with van der Waals surface area (Å²) in [6, 6.07) is 6.89. The van der Waals surface area contributed by atoms with Gasteiger partial charge >= 0.3 is 5.97 Å². The van der Waals surface area contributed by atoms with Gasteiger partial charge in [0.2, 0.25) is 0 Å². The molecule has 0 heterocycles. The van der Waals surface area contributed by atoms with Crippen LogP contribution in [0.15, 0.2) is 28.7 Å². The molecule has 0 saturated heterocycles. The molecule has 0 fully saturated rings. The number of ether oxygens (including phenoxy) is 1. The van der Waals surface area contributed by atoms with Gasteiger partial charge in [-0.3, -0.25) is 9.59 Å². The summed E-state index contributed by atoms with van der Waals surface area (Å²) >= 11 is 3.31. The maximum atomic E-state index is 11.9. The third-order valence-electron chi connectivity index (χ3n) is 4.57. The van der Waals surface area contributed by atoms with Crippen LogP contribution in [0.4, 0.5) is 0 Å². The minimum absolute atomic E-state index is 0.0510. The molecule has 1 aromatic carbocycles. The summed E-state index contributed by atoms with van der Waals surface area (Å²) in [4.78, 5) is 23.7. The number of halogens is 1. The van der Waals surface area contributed by atoms with E-state index in [1.165, 1.54) is 44.9 Å². The molecule has 0 aromatic heterocycles. The zero-order valence-electron chi connectivity index (χ0n) is 16.4. The maximum Gasteiger partial charge on any atom is 0.308 e. The molecule has 0 aliphatic carbocycles. The molecule has 152 valence electrons. The van der Waals surface area contributed by atoms with Gasteiger partial charge in [0.05, 0.1) is 12.5 Å². The Kier molecular flexibility index (Phi) is 13.1. The Bertz CT molecular complexity index is 542. The summed E-state index contributed by atoms with van der Waals surface area (Å²) in [6.45, 7) is 1.94. The first-order chi connectivity index (χ1) is 13.0. The van der Waals surface area contributed by atoms with Crippen LogP contribution >= 0.6 is 15.9 Å². The second kappa shape index (κ2) is 14.8. The van der Waals surface area contributed by atoms with Gasteiger partial charge in [-0.25, -0.2) is 0 Å². The number of benzene rings is 1. The van der Waals surface area contributed by atoms with Gasteiger partial charge in [-0.1, -0.05) is 92.8 Å². The van der Waals surface area contributed by atoms with Crippen molar-refractivity contribution in [1.82, 2.24) is 0 Å². The zero-order valence-corrected chi connectivity index (χ0v) is 18.0. The van der Waals surface area contributed by atoms with Gasteiger partial charge < -0.3 is 9.84 Å². The second-order valence-electron chi connectivity index (χ2n) is 7.07. The number of carbonyl (C=O) groups is 2. The lowest BCUT2D eigenvalue weighted by molar-refractivity contribution is -0.144. The largest absolute Gasteiger partial charge is 0.457 e. The first-order valence-corrected chi connectivity index (χ1v) is 10.9. The van der Waals surface area contributed by atoms with E-state index in [1.807, 2.05) is 0 Å². The first kappa shape index (κ1) is 23.8. The van der Waals surface area contributed by atoms with Gasteiger partial charge in [-0.2, -0.15) is 0 Å². The van der Waals surface area contributed by atoms with Crippen LogP contribution in [-0.2, 0) is 9.53 Å². The average molecular weight is 441 g/mol. The molecule has 0 bridgehead atoms. The smallest absolute Gasteiger partial charge is 0.308 e. The molecule has 1 atom stereocenters. The molecule has 5 heteroatoms. The van der Waals surface area contributed by atoms with E-state index in [-0.39, 0.29) is 18.8 Å². The van der Waals surface area contributed by atoms with Crippen molar-refractivity contribution in [2.45, 2.75) is 83.7 Å². The van der Waals surface area contributed by atoms with Crippen LogP contribution in [0.25, 0.3) is 0 Å². The van der Waals surface area contributed by atoms with Crippen molar-refractivity contribution in [2.24, 2.45) is 0 Å². The molecule has 1 unspecified atom stereocenters. The average Bonchev–Trinajstić information content (AvgIpc) is 2.65. The Labute approximate surface area is 171 Å². The number of hydrogen-bond donors (Lipinski definition) is 1. The van der Waals surface area contributed by atoms with Crippen LogP contribution in [0.5, 0.6) is 0 Å². The van der Waals surface area contributed by atoms with Gasteiger partial charge in [-0.15, -0.1) is 0 Å². The van der Waals surface area contributed by atoms with Crippen LogP contribution in [-0.4, -0.2) is 29.6 Å². The summed E-state index contributed by atoms with van der Waals surface area (Å²) in [5, 5.41) is 9.94. The van der Waals surface area contributed by atoms with E-state index in [1.54, 1.807) is 24.3 Å². The molecule has 0 saturated carbocycles. The Morgan fingerprint density at radius 2 is 1.52 bits per heavy atom. The standard InChI is InChI=1S/C22H33BrO4/c1-2-3-4-5-6-7-8-9-10-11-20(24)16-22(26)27-17-21(25)18-12-14-19(23)15-13-18/h12-15,20,24H,2-11,16-17H2,1H3. The number of hydrogen-bond acceptors (Lipinski definition) is 4. The molecule has 1 N–H and O–H groups in total. The summed E-state index contributed by atoms with van der Waals surface area (Å²) in [5.74, 6) is -0.770. The van der Waals surface area contributed by atoms with Crippen molar-refractivity contribution in [3.63, 3.8) is 0 Å². The normalized spacial score (nSPS) is 12.0. The Morgan fingerprint density at radius 1 is 0.963 bits per heavy atom. The van der Waals surface area contributed by atoms with Gasteiger partial charge in [0.15, 0.2) is 12.4 Å². The summed E-state index contributed by atoms with van der Waals surface area (Å²) in [7, 11) is 0. The highest BCUT2D eigenvalue weighted by Crippen LogP contribution is 2.13. The molecule has 1 rings (SSSR count). The third kappa shape index (κ3) is 12.0. The van der Waals surface area contributed by atoms with Crippen molar-refractivity contribution in [3.05, 3.63) is 34.3 Å². The number of rotatable bonds is 15. The lowest BCUT2D eigenvalue weighted by Gasteiger charge is -2.10. The van der Waals surface area contributed by atoms with E-state index in [4.69, 9.17) is 4.74 Å². The predicted octanol–water partition coefficient (Wildman–Crippen LogP) is 5.85. The molecule has 0 spiro atoms. The monoisotopic (exact) mass is 440 g/mol. The fourth-order valence-electron chi connectivity index (χ4n) is 2.91. The fourth-order valence-corrected chi connectivity index (χ4v) is 3.17. The van der Waals surface area contributed by atoms with Crippen molar-refractivity contribution in [2.75, 3.05) is 6.61 Å². The van der Waals surface area contributed by atoms with Crippen LogP contribution in [0.1, 0.15) is 87.9 Å². The predicted molar refractivity (Wildman–Crippen MR) is 112 cm³/mol. The summed E-state index contributed by atoms with van der Waals surface area (Å²) in [5.41, 5.74) is 0.501. The Balaban J connectivity index is 2.05. The number of ketones is 1. The highest BCUT2D eigenvalue weighted by Gasteiger charge is 2.14. The van der Waals surface area contributed by atoms with E-state index in [0.29, 0.717) is 12.0 Å². The van der Waals surface area contributed by atoms with Crippen molar-refractivity contribution < 1.29 is 19.4 Å². The molecular weight excluding hydrogens is 408 g/mol.